The van der Waals surface area contributed by atoms with Crippen molar-refractivity contribution in [3.8, 4) is 17.0 Å². The molecule has 3 aromatic rings. The second-order valence-corrected chi connectivity index (χ2v) is 8.37. The van der Waals surface area contributed by atoms with E-state index >= 15 is 0 Å². The third-order valence-electron chi connectivity index (χ3n) is 3.50. The second kappa shape index (κ2) is 7.94. The van der Waals surface area contributed by atoms with Crippen molar-refractivity contribution < 1.29 is 13.2 Å². The summed E-state index contributed by atoms with van der Waals surface area (Å²) in [6.45, 7) is 3.89. The standard InChI is InChI=1S/C18H19N3O3S2/c1-13(2)24-15-3-5-16(6-4-15)26(22,23)21-11-17-18(20-9-8-19-17)14-7-10-25-12-14/h3-10,12-13,21H,11H2,1-2H3. The molecule has 0 aliphatic rings. The molecule has 0 saturated carbocycles. The van der Waals surface area contributed by atoms with Gasteiger partial charge >= 0.3 is 0 Å². The third-order valence-corrected chi connectivity index (χ3v) is 5.60. The lowest BCUT2D eigenvalue weighted by atomic mass is 10.2. The summed E-state index contributed by atoms with van der Waals surface area (Å²) < 4.78 is 33.2. The van der Waals surface area contributed by atoms with Crippen molar-refractivity contribution in [2.45, 2.75) is 31.4 Å². The number of hydrogen-bond acceptors (Lipinski definition) is 6. The maximum absolute atomic E-state index is 12.5. The van der Waals surface area contributed by atoms with E-state index in [4.69, 9.17) is 4.74 Å². The van der Waals surface area contributed by atoms with Gasteiger partial charge in [0.25, 0.3) is 0 Å². The van der Waals surface area contributed by atoms with Gasteiger partial charge in [-0.15, -0.1) is 0 Å². The molecule has 0 unspecified atom stereocenters. The molecule has 0 saturated heterocycles. The van der Waals surface area contributed by atoms with Crippen LogP contribution in [-0.2, 0) is 16.6 Å². The summed E-state index contributed by atoms with van der Waals surface area (Å²) in [6, 6.07) is 8.27. The smallest absolute Gasteiger partial charge is 0.240 e. The van der Waals surface area contributed by atoms with Gasteiger partial charge in [0.2, 0.25) is 10.0 Å². The van der Waals surface area contributed by atoms with Gasteiger partial charge in [0, 0.05) is 23.3 Å². The van der Waals surface area contributed by atoms with Crippen LogP contribution in [0.1, 0.15) is 19.5 Å². The number of rotatable bonds is 7. The molecule has 0 spiro atoms. The van der Waals surface area contributed by atoms with Gasteiger partial charge in [-0.3, -0.25) is 9.97 Å². The van der Waals surface area contributed by atoms with Gasteiger partial charge in [-0.2, -0.15) is 11.3 Å². The molecule has 0 radical (unpaired) electrons. The number of sulfonamides is 1. The number of benzene rings is 1. The van der Waals surface area contributed by atoms with Gasteiger partial charge in [-0.1, -0.05) is 0 Å². The first kappa shape index (κ1) is 18.5. The third kappa shape index (κ3) is 4.46. The van der Waals surface area contributed by atoms with Crippen LogP contribution in [0.5, 0.6) is 5.75 Å². The van der Waals surface area contributed by atoms with Crippen LogP contribution in [0.3, 0.4) is 0 Å². The Hall–Kier alpha value is -2.29. The average Bonchev–Trinajstić information content (AvgIpc) is 3.15. The summed E-state index contributed by atoms with van der Waals surface area (Å²) in [4.78, 5) is 8.78. The van der Waals surface area contributed by atoms with Crippen molar-refractivity contribution in [2.75, 3.05) is 0 Å². The van der Waals surface area contributed by atoms with Gasteiger partial charge in [-0.25, -0.2) is 13.1 Å². The molecule has 1 N–H and O–H groups in total. The first-order chi connectivity index (χ1) is 12.5. The minimum atomic E-state index is -3.66. The van der Waals surface area contributed by atoms with E-state index in [0.717, 1.165) is 5.56 Å². The largest absolute Gasteiger partial charge is 0.491 e. The van der Waals surface area contributed by atoms with Crippen LogP contribution in [0, 0.1) is 0 Å². The first-order valence-electron chi connectivity index (χ1n) is 8.04. The fraction of sp³-hybridized carbons (Fsp3) is 0.222. The lowest BCUT2D eigenvalue weighted by Crippen LogP contribution is -2.24. The molecule has 3 rings (SSSR count). The highest BCUT2D eigenvalue weighted by molar-refractivity contribution is 7.89. The van der Waals surface area contributed by atoms with E-state index in [1.165, 1.54) is 12.1 Å². The Morgan fingerprint density at radius 2 is 1.85 bits per heavy atom. The minimum Gasteiger partial charge on any atom is -0.491 e. The molecular formula is C18H19N3O3S2. The molecule has 0 atom stereocenters. The van der Waals surface area contributed by atoms with Crippen molar-refractivity contribution in [1.82, 2.24) is 14.7 Å². The predicted molar refractivity (Wildman–Crippen MR) is 102 cm³/mol. The molecule has 0 bridgehead atoms. The topological polar surface area (TPSA) is 81.2 Å². The summed E-state index contributed by atoms with van der Waals surface area (Å²) in [5, 5.41) is 3.90. The minimum absolute atomic E-state index is 0.0303. The maximum Gasteiger partial charge on any atom is 0.240 e. The molecule has 26 heavy (non-hydrogen) atoms. The van der Waals surface area contributed by atoms with E-state index in [0.29, 0.717) is 17.1 Å². The van der Waals surface area contributed by atoms with Crippen molar-refractivity contribution in [3.63, 3.8) is 0 Å². The van der Waals surface area contributed by atoms with E-state index in [1.807, 2.05) is 30.7 Å². The molecule has 1 aromatic carbocycles. The number of nitrogens with one attached hydrogen (secondary N) is 1. The molecule has 0 aliphatic heterocycles. The highest BCUT2D eigenvalue weighted by Crippen LogP contribution is 2.23. The number of nitrogens with zero attached hydrogens (tertiary/aromatic N) is 2. The van der Waals surface area contributed by atoms with Crippen LogP contribution < -0.4 is 9.46 Å². The number of aromatic nitrogens is 2. The van der Waals surface area contributed by atoms with Crippen LogP contribution in [-0.4, -0.2) is 24.5 Å². The zero-order chi connectivity index (χ0) is 18.6. The molecule has 0 fully saturated rings. The van der Waals surface area contributed by atoms with Gasteiger partial charge in [0.05, 0.1) is 28.9 Å². The number of thiophene rings is 1. The summed E-state index contributed by atoms with van der Waals surface area (Å²) >= 11 is 1.55. The second-order valence-electron chi connectivity index (χ2n) is 5.83. The van der Waals surface area contributed by atoms with E-state index < -0.39 is 10.0 Å². The molecule has 6 nitrogen and oxygen atoms in total. The number of ether oxygens (including phenoxy) is 1. The van der Waals surface area contributed by atoms with Crippen LogP contribution in [0.25, 0.3) is 11.3 Å². The molecule has 136 valence electrons. The molecule has 2 heterocycles. The maximum atomic E-state index is 12.5. The zero-order valence-corrected chi connectivity index (χ0v) is 16.0. The van der Waals surface area contributed by atoms with E-state index in [-0.39, 0.29) is 17.5 Å². The zero-order valence-electron chi connectivity index (χ0n) is 14.4. The molecule has 8 heteroatoms. The van der Waals surface area contributed by atoms with Crippen molar-refractivity contribution in [2.24, 2.45) is 0 Å². The Morgan fingerprint density at radius 3 is 2.50 bits per heavy atom. The van der Waals surface area contributed by atoms with Gasteiger partial charge in [0.15, 0.2) is 0 Å². The van der Waals surface area contributed by atoms with Crippen molar-refractivity contribution in [3.05, 3.63) is 59.2 Å². The molecule has 2 aromatic heterocycles. The SMILES string of the molecule is CC(C)Oc1ccc(S(=O)(=O)NCc2nccnc2-c2ccsc2)cc1. The lowest BCUT2D eigenvalue weighted by molar-refractivity contribution is 0.242. The van der Waals surface area contributed by atoms with Crippen LogP contribution in [0.15, 0.2) is 58.4 Å². The Labute approximate surface area is 157 Å². The summed E-state index contributed by atoms with van der Waals surface area (Å²) in [6.07, 6.45) is 3.18. The highest BCUT2D eigenvalue weighted by Gasteiger charge is 2.16. The summed E-state index contributed by atoms with van der Waals surface area (Å²) in [7, 11) is -3.66. The van der Waals surface area contributed by atoms with Crippen LogP contribution >= 0.6 is 11.3 Å². The molecule has 0 aliphatic carbocycles. The van der Waals surface area contributed by atoms with Crippen molar-refractivity contribution >= 4 is 21.4 Å². The molecular weight excluding hydrogens is 370 g/mol. The van der Waals surface area contributed by atoms with E-state index in [2.05, 4.69) is 14.7 Å². The van der Waals surface area contributed by atoms with Gasteiger partial charge in [-0.05, 0) is 49.6 Å². The first-order valence-corrected chi connectivity index (χ1v) is 10.5. The summed E-state index contributed by atoms with van der Waals surface area (Å²) in [5.74, 6) is 0.632. The predicted octanol–water partition coefficient (Wildman–Crippen LogP) is 3.47. The van der Waals surface area contributed by atoms with Gasteiger partial charge in [0.1, 0.15) is 5.75 Å². The van der Waals surface area contributed by atoms with E-state index in [1.54, 1.807) is 35.9 Å². The van der Waals surface area contributed by atoms with E-state index in [9.17, 15) is 8.42 Å². The van der Waals surface area contributed by atoms with Crippen molar-refractivity contribution in [1.29, 1.82) is 0 Å². The fourth-order valence-electron chi connectivity index (χ4n) is 2.35. The monoisotopic (exact) mass is 389 g/mol. The molecule has 0 amide bonds. The highest BCUT2D eigenvalue weighted by atomic mass is 32.2. The van der Waals surface area contributed by atoms with Gasteiger partial charge < -0.3 is 4.74 Å². The number of hydrogen-bond donors (Lipinski definition) is 1. The average molecular weight is 390 g/mol. The lowest BCUT2D eigenvalue weighted by Gasteiger charge is -2.11. The Bertz CT molecular complexity index is 954. The normalized spacial score (nSPS) is 11.7. The van der Waals surface area contributed by atoms with Crippen LogP contribution in [0.2, 0.25) is 0 Å². The fourth-order valence-corrected chi connectivity index (χ4v) is 3.98. The Kier molecular flexibility index (Phi) is 5.65. The Morgan fingerprint density at radius 1 is 1.12 bits per heavy atom. The quantitative estimate of drug-likeness (QED) is 0.669. The Balaban J connectivity index is 1.75. The summed E-state index contributed by atoms with van der Waals surface area (Å²) in [5.41, 5.74) is 2.18. The van der Waals surface area contributed by atoms with Crippen LogP contribution in [0.4, 0.5) is 0 Å².